The fourth-order valence-corrected chi connectivity index (χ4v) is 4.72. The lowest BCUT2D eigenvalue weighted by molar-refractivity contribution is -0.135. The summed E-state index contributed by atoms with van der Waals surface area (Å²) in [6, 6.07) is 15.2. The van der Waals surface area contributed by atoms with Gasteiger partial charge in [0.2, 0.25) is 0 Å². The van der Waals surface area contributed by atoms with Gasteiger partial charge < -0.3 is 10.1 Å². The molecule has 1 atom stereocenters. The first kappa shape index (κ1) is 20.6. The van der Waals surface area contributed by atoms with Crippen molar-refractivity contribution in [1.29, 1.82) is 0 Å². The Balaban J connectivity index is 1.24. The van der Waals surface area contributed by atoms with E-state index in [1.54, 1.807) is 29.2 Å². The lowest BCUT2D eigenvalue weighted by Crippen LogP contribution is -2.43. The van der Waals surface area contributed by atoms with Crippen LogP contribution in [-0.2, 0) is 16.0 Å². The van der Waals surface area contributed by atoms with Crippen LogP contribution in [0.15, 0.2) is 65.7 Å². The van der Waals surface area contributed by atoms with Crippen LogP contribution in [0, 0.1) is 0 Å². The highest BCUT2D eigenvalue weighted by Gasteiger charge is 2.31. The summed E-state index contributed by atoms with van der Waals surface area (Å²) < 4.78 is 7.40. The maximum absolute atomic E-state index is 12.9. The van der Waals surface area contributed by atoms with E-state index in [9.17, 15) is 9.59 Å². The van der Waals surface area contributed by atoms with E-state index in [4.69, 9.17) is 4.74 Å². The molecule has 1 saturated carbocycles. The Kier molecular flexibility index (Phi) is 5.81. The number of carbonyl (C=O) groups excluding carboxylic acids is 1. The van der Waals surface area contributed by atoms with Crippen LogP contribution in [0.3, 0.4) is 0 Å². The standard InChI is InChI=1S/C25H26N4O3/c30-23-10-9-22(18-11-14-26-15-12-18)28-29(23)20-7-5-19(6-8-20)27-25(31)24-21-4-2-1-3-17(21)13-16-32-24/h1-4,9-12,14-15,19-20,24H,5-8,13,16H2,(H,27,31). The number of ether oxygens (including phenoxy) is 1. The van der Waals surface area contributed by atoms with Crippen LogP contribution in [0.4, 0.5) is 0 Å². The van der Waals surface area contributed by atoms with Crippen molar-refractivity contribution in [2.45, 2.75) is 50.3 Å². The lowest BCUT2D eigenvalue weighted by Gasteiger charge is -2.32. The molecule has 0 bridgehead atoms. The van der Waals surface area contributed by atoms with E-state index in [1.807, 2.05) is 30.3 Å². The predicted octanol–water partition coefficient (Wildman–Crippen LogP) is 3.22. The van der Waals surface area contributed by atoms with Gasteiger partial charge in [-0.2, -0.15) is 5.10 Å². The SMILES string of the molecule is O=C(NC1CCC(n2nc(-c3ccncc3)ccc2=O)CC1)C1OCCc2ccccc21. The molecule has 3 heterocycles. The summed E-state index contributed by atoms with van der Waals surface area (Å²) in [7, 11) is 0. The third kappa shape index (κ3) is 4.21. The van der Waals surface area contributed by atoms with Crippen molar-refractivity contribution in [3.8, 4) is 11.3 Å². The van der Waals surface area contributed by atoms with Gasteiger partial charge in [0.1, 0.15) is 0 Å². The molecule has 164 valence electrons. The molecule has 0 saturated heterocycles. The molecule has 1 aromatic carbocycles. The number of nitrogens with zero attached hydrogens (tertiary/aromatic N) is 3. The van der Waals surface area contributed by atoms with Crippen molar-refractivity contribution >= 4 is 5.91 Å². The molecule has 1 N–H and O–H groups in total. The van der Waals surface area contributed by atoms with E-state index in [0.717, 1.165) is 48.9 Å². The number of carbonyl (C=O) groups is 1. The quantitative estimate of drug-likeness (QED) is 0.687. The van der Waals surface area contributed by atoms with Gasteiger partial charge in [0.15, 0.2) is 6.10 Å². The summed E-state index contributed by atoms with van der Waals surface area (Å²) in [6.07, 6.45) is 6.92. The number of nitrogens with one attached hydrogen (secondary N) is 1. The number of hydrogen-bond acceptors (Lipinski definition) is 5. The van der Waals surface area contributed by atoms with Gasteiger partial charge in [0.25, 0.3) is 11.5 Å². The van der Waals surface area contributed by atoms with Gasteiger partial charge in [0.05, 0.1) is 18.3 Å². The highest BCUT2D eigenvalue weighted by molar-refractivity contribution is 5.83. The summed E-state index contributed by atoms with van der Waals surface area (Å²) in [5.74, 6) is -0.0735. The van der Waals surface area contributed by atoms with E-state index in [0.29, 0.717) is 6.61 Å². The van der Waals surface area contributed by atoms with Gasteiger partial charge in [-0.15, -0.1) is 0 Å². The van der Waals surface area contributed by atoms with Crippen molar-refractivity contribution in [3.05, 3.63) is 82.4 Å². The molecule has 32 heavy (non-hydrogen) atoms. The number of hydrogen-bond donors (Lipinski definition) is 1. The third-order valence-corrected chi connectivity index (χ3v) is 6.42. The highest BCUT2D eigenvalue weighted by atomic mass is 16.5. The normalized spacial score (nSPS) is 22.7. The summed E-state index contributed by atoms with van der Waals surface area (Å²) in [6.45, 7) is 0.560. The van der Waals surface area contributed by atoms with E-state index in [-0.39, 0.29) is 23.6 Å². The summed E-state index contributed by atoms with van der Waals surface area (Å²) in [5, 5.41) is 7.79. The van der Waals surface area contributed by atoms with Gasteiger partial charge in [-0.05, 0) is 61.4 Å². The molecular formula is C25H26N4O3. The van der Waals surface area contributed by atoms with Crippen LogP contribution in [0.25, 0.3) is 11.3 Å². The average molecular weight is 431 g/mol. The van der Waals surface area contributed by atoms with Crippen molar-refractivity contribution in [2.24, 2.45) is 0 Å². The molecule has 1 aliphatic carbocycles. The van der Waals surface area contributed by atoms with Gasteiger partial charge in [0, 0.05) is 30.1 Å². The second-order valence-corrected chi connectivity index (χ2v) is 8.45. The van der Waals surface area contributed by atoms with Crippen LogP contribution < -0.4 is 10.9 Å². The first-order valence-electron chi connectivity index (χ1n) is 11.2. The Hall–Kier alpha value is -3.32. The lowest BCUT2D eigenvalue weighted by atomic mass is 9.90. The molecule has 1 aliphatic heterocycles. The maximum Gasteiger partial charge on any atom is 0.267 e. The molecule has 7 nitrogen and oxygen atoms in total. The monoisotopic (exact) mass is 430 g/mol. The molecule has 0 spiro atoms. The molecule has 2 aliphatic rings. The smallest absolute Gasteiger partial charge is 0.267 e. The van der Waals surface area contributed by atoms with Crippen LogP contribution in [0.2, 0.25) is 0 Å². The molecule has 1 fully saturated rings. The first-order chi connectivity index (χ1) is 15.7. The van der Waals surface area contributed by atoms with Gasteiger partial charge in [-0.25, -0.2) is 4.68 Å². The zero-order valence-corrected chi connectivity index (χ0v) is 17.8. The van der Waals surface area contributed by atoms with Crippen LogP contribution in [0.5, 0.6) is 0 Å². The Morgan fingerprint density at radius 3 is 2.59 bits per heavy atom. The van der Waals surface area contributed by atoms with Gasteiger partial charge >= 0.3 is 0 Å². The van der Waals surface area contributed by atoms with Gasteiger partial charge in [-0.3, -0.25) is 14.6 Å². The topological polar surface area (TPSA) is 86.1 Å². The second-order valence-electron chi connectivity index (χ2n) is 8.45. The van der Waals surface area contributed by atoms with E-state index in [1.165, 1.54) is 5.56 Å². The summed E-state index contributed by atoms with van der Waals surface area (Å²) >= 11 is 0. The molecule has 3 aromatic rings. The average Bonchev–Trinajstić information content (AvgIpc) is 2.85. The number of pyridine rings is 1. The molecule has 1 amide bonds. The number of fused-ring (bicyclic) bond motifs is 1. The van der Waals surface area contributed by atoms with Crippen molar-refractivity contribution < 1.29 is 9.53 Å². The molecule has 2 aromatic heterocycles. The molecule has 5 rings (SSSR count). The summed E-state index contributed by atoms with van der Waals surface area (Å²) in [4.78, 5) is 29.5. The minimum absolute atomic E-state index is 0.0316. The fraction of sp³-hybridized carbons (Fsp3) is 0.360. The molecule has 7 heteroatoms. The number of amides is 1. The molecule has 0 radical (unpaired) electrons. The Morgan fingerprint density at radius 2 is 1.78 bits per heavy atom. The summed E-state index contributed by atoms with van der Waals surface area (Å²) in [5.41, 5.74) is 3.75. The Morgan fingerprint density at radius 1 is 1.00 bits per heavy atom. The van der Waals surface area contributed by atoms with Crippen LogP contribution in [-0.4, -0.2) is 33.3 Å². The zero-order valence-electron chi connectivity index (χ0n) is 17.8. The van der Waals surface area contributed by atoms with E-state index >= 15 is 0 Å². The number of benzene rings is 1. The fourth-order valence-electron chi connectivity index (χ4n) is 4.72. The Labute approximate surface area is 186 Å². The zero-order chi connectivity index (χ0) is 21.9. The highest BCUT2D eigenvalue weighted by Crippen LogP contribution is 2.30. The minimum atomic E-state index is -0.543. The van der Waals surface area contributed by atoms with Crippen LogP contribution in [0.1, 0.15) is 49.0 Å². The number of aromatic nitrogens is 3. The third-order valence-electron chi connectivity index (χ3n) is 6.42. The van der Waals surface area contributed by atoms with Crippen LogP contribution >= 0.6 is 0 Å². The van der Waals surface area contributed by atoms with Gasteiger partial charge in [-0.1, -0.05) is 24.3 Å². The van der Waals surface area contributed by atoms with Crippen molar-refractivity contribution in [1.82, 2.24) is 20.1 Å². The van der Waals surface area contributed by atoms with Crippen molar-refractivity contribution in [2.75, 3.05) is 6.61 Å². The predicted molar refractivity (Wildman–Crippen MR) is 120 cm³/mol. The number of rotatable bonds is 4. The second kappa shape index (κ2) is 9.04. The molecular weight excluding hydrogens is 404 g/mol. The minimum Gasteiger partial charge on any atom is -0.363 e. The largest absolute Gasteiger partial charge is 0.363 e. The van der Waals surface area contributed by atoms with Crippen molar-refractivity contribution in [3.63, 3.8) is 0 Å². The van der Waals surface area contributed by atoms with E-state index < -0.39 is 6.10 Å². The van der Waals surface area contributed by atoms with E-state index in [2.05, 4.69) is 21.5 Å². The maximum atomic E-state index is 12.9. The first-order valence-corrected chi connectivity index (χ1v) is 11.2. The molecule has 1 unspecified atom stereocenters. The Bertz CT molecular complexity index is 1150.